The molecule has 0 heterocycles. The quantitative estimate of drug-likeness (QED) is 0.339. The first kappa shape index (κ1) is 12.5. The Hall–Kier alpha value is 0.870. The second kappa shape index (κ2) is 5.64. The van der Waals surface area contributed by atoms with Gasteiger partial charge in [-0.3, -0.25) is 0 Å². The summed E-state index contributed by atoms with van der Waals surface area (Å²) in [5.41, 5.74) is 0. The summed E-state index contributed by atoms with van der Waals surface area (Å²) in [4.78, 5) is 0. The molecule has 1 N–H and O–H groups in total. The molecule has 0 saturated carbocycles. The molecule has 50 valence electrons. The fourth-order valence-electron chi connectivity index (χ4n) is 0.227. The summed E-state index contributed by atoms with van der Waals surface area (Å²) >= 11 is 0. The monoisotopic (exact) mass is 161 g/mol. The Bertz CT molecular complexity index is 143. The third-order valence-corrected chi connectivity index (χ3v) is 1.09. The second-order valence-electron chi connectivity index (χ2n) is 1.31. The molecule has 0 aromatic carbocycles. The van der Waals surface area contributed by atoms with Gasteiger partial charge in [0.05, 0.1) is 5.88 Å². The Morgan fingerprint density at radius 2 is 2.00 bits per heavy atom. The molecule has 0 aliphatic carbocycles. The minimum atomic E-state index is -4.05. The Morgan fingerprint density at radius 3 is 2.11 bits per heavy atom. The van der Waals surface area contributed by atoms with Crippen molar-refractivity contribution in [3.8, 4) is 0 Å². The van der Waals surface area contributed by atoms with Crippen molar-refractivity contribution >= 4 is 10.1 Å². The molecule has 0 bridgehead atoms. The molecule has 9 heavy (non-hydrogen) atoms. The van der Waals surface area contributed by atoms with E-state index in [9.17, 15) is 13.0 Å². The first-order valence-electron chi connectivity index (χ1n) is 2.20. The maximum atomic E-state index is 9.77. The van der Waals surface area contributed by atoms with Gasteiger partial charge in [0, 0.05) is 0 Å². The number of hydrogen-bond donors (Lipinski definition) is 1. The van der Waals surface area contributed by atoms with Gasteiger partial charge in [-0.1, -0.05) is 6.92 Å². The summed E-state index contributed by atoms with van der Waals surface area (Å²) in [5.74, 6) is -0.469. The predicted molar refractivity (Wildman–Crippen MR) is 28.2 cm³/mol. The minimum Gasteiger partial charge on any atom is -0.747 e. The zero-order chi connectivity index (χ0) is 6.62. The van der Waals surface area contributed by atoms with Crippen LogP contribution in [0.3, 0.4) is 0 Å². The molecule has 0 saturated heterocycles. The van der Waals surface area contributed by atoms with E-state index >= 15 is 0 Å². The van der Waals surface area contributed by atoms with E-state index in [1.165, 1.54) is 0 Å². The van der Waals surface area contributed by atoms with Gasteiger partial charge in [-0.2, -0.15) is 0 Å². The van der Waals surface area contributed by atoms with E-state index in [1.807, 2.05) is 0 Å². The summed E-state index contributed by atoms with van der Waals surface area (Å²) in [6.45, 7) is 2.23. The summed E-state index contributed by atoms with van der Waals surface area (Å²) in [6, 6.07) is 0. The van der Waals surface area contributed by atoms with E-state index in [2.05, 4.69) is 5.32 Å². The number of nitrogens with one attached hydrogen (secondary N) is 1. The molecule has 0 aliphatic heterocycles. The number of hydrogen-bond acceptors (Lipinski definition) is 4. The zero-order valence-corrected chi connectivity index (χ0v) is 8.36. The largest absolute Gasteiger partial charge is 1.00 e. The van der Waals surface area contributed by atoms with E-state index in [-0.39, 0.29) is 29.6 Å². The summed E-state index contributed by atoms with van der Waals surface area (Å²) in [5, 5.41) is 2.39. The van der Waals surface area contributed by atoms with Gasteiger partial charge < -0.3 is 9.87 Å². The van der Waals surface area contributed by atoms with Crippen molar-refractivity contribution in [1.29, 1.82) is 0 Å². The van der Waals surface area contributed by atoms with Crippen LogP contribution in [0.2, 0.25) is 0 Å². The molecular weight excluding hydrogens is 153 g/mol. The van der Waals surface area contributed by atoms with E-state index in [0.717, 1.165) is 0 Å². The van der Waals surface area contributed by atoms with Crippen LogP contribution in [0.25, 0.3) is 0 Å². The SMILES string of the molecule is CCNCS(=O)(=O)[O-].[Na+]. The van der Waals surface area contributed by atoms with Crippen LogP contribution < -0.4 is 34.9 Å². The number of rotatable bonds is 3. The molecule has 0 radical (unpaired) electrons. The van der Waals surface area contributed by atoms with Crippen molar-refractivity contribution in [3.05, 3.63) is 0 Å². The van der Waals surface area contributed by atoms with E-state index in [0.29, 0.717) is 6.54 Å². The third kappa shape index (κ3) is 12.1. The third-order valence-electron chi connectivity index (χ3n) is 0.529. The first-order valence-corrected chi connectivity index (χ1v) is 3.78. The van der Waals surface area contributed by atoms with Crippen molar-refractivity contribution in [2.24, 2.45) is 0 Å². The van der Waals surface area contributed by atoms with Gasteiger partial charge in [0.15, 0.2) is 0 Å². The molecule has 0 atom stereocenters. The Morgan fingerprint density at radius 1 is 1.56 bits per heavy atom. The fourth-order valence-corrected chi connectivity index (χ4v) is 0.681. The molecule has 0 aromatic heterocycles. The van der Waals surface area contributed by atoms with Crippen LogP contribution in [-0.4, -0.2) is 25.4 Å². The van der Waals surface area contributed by atoms with Crippen molar-refractivity contribution in [2.45, 2.75) is 6.92 Å². The van der Waals surface area contributed by atoms with Gasteiger partial charge in [0.1, 0.15) is 10.1 Å². The van der Waals surface area contributed by atoms with Gasteiger partial charge in [0.2, 0.25) is 0 Å². The Labute approximate surface area is 77.1 Å². The van der Waals surface area contributed by atoms with Gasteiger partial charge >= 0.3 is 29.6 Å². The van der Waals surface area contributed by atoms with E-state index in [1.54, 1.807) is 6.92 Å². The molecule has 0 unspecified atom stereocenters. The summed E-state index contributed by atoms with van der Waals surface area (Å²) in [7, 11) is -4.05. The molecule has 4 nitrogen and oxygen atoms in total. The minimum absolute atomic E-state index is 0. The fraction of sp³-hybridized carbons (Fsp3) is 1.00. The zero-order valence-electron chi connectivity index (χ0n) is 5.55. The van der Waals surface area contributed by atoms with E-state index in [4.69, 9.17) is 0 Å². The first-order chi connectivity index (χ1) is 3.56. The normalized spacial score (nSPS) is 10.4. The molecular formula is C3H8NNaO3S. The molecule has 0 rings (SSSR count). The van der Waals surface area contributed by atoms with Gasteiger partial charge in [-0.25, -0.2) is 8.42 Å². The molecule has 0 spiro atoms. The smallest absolute Gasteiger partial charge is 0.747 e. The summed E-state index contributed by atoms with van der Waals surface area (Å²) < 4.78 is 29.3. The van der Waals surface area contributed by atoms with Crippen molar-refractivity contribution in [2.75, 3.05) is 12.4 Å². The average molecular weight is 161 g/mol. The van der Waals surface area contributed by atoms with Crippen LogP contribution in [0.15, 0.2) is 0 Å². The van der Waals surface area contributed by atoms with Crippen LogP contribution in [0.1, 0.15) is 6.92 Å². The Balaban J connectivity index is 0. The Kier molecular flexibility index (Phi) is 7.86. The van der Waals surface area contributed by atoms with Crippen LogP contribution in [-0.2, 0) is 10.1 Å². The van der Waals surface area contributed by atoms with Crippen LogP contribution >= 0.6 is 0 Å². The maximum absolute atomic E-state index is 9.77. The standard InChI is InChI=1S/C3H9NO3S.Na/c1-2-4-3-8(5,6)7;/h4H,2-3H2,1H3,(H,5,6,7);/q;+1/p-1. The molecule has 6 heteroatoms. The van der Waals surface area contributed by atoms with Crippen molar-refractivity contribution in [1.82, 2.24) is 5.32 Å². The average Bonchev–Trinajstić information content (AvgIpc) is 1.59. The van der Waals surface area contributed by atoms with Crippen LogP contribution in [0.4, 0.5) is 0 Å². The molecule has 0 amide bonds. The van der Waals surface area contributed by atoms with Gasteiger partial charge in [-0.05, 0) is 6.54 Å². The van der Waals surface area contributed by atoms with E-state index < -0.39 is 16.0 Å². The van der Waals surface area contributed by atoms with Crippen LogP contribution in [0.5, 0.6) is 0 Å². The predicted octanol–water partition coefficient (Wildman–Crippen LogP) is -3.90. The molecule has 0 aromatic rings. The van der Waals surface area contributed by atoms with Crippen LogP contribution in [0, 0.1) is 0 Å². The van der Waals surface area contributed by atoms with Gasteiger partial charge in [-0.15, -0.1) is 0 Å². The molecule has 0 fully saturated rings. The van der Waals surface area contributed by atoms with Crippen molar-refractivity contribution < 1.29 is 42.5 Å². The van der Waals surface area contributed by atoms with Gasteiger partial charge in [0.25, 0.3) is 0 Å². The van der Waals surface area contributed by atoms with Crippen molar-refractivity contribution in [3.63, 3.8) is 0 Å². The topological polar surface area (TPSA) is 69.2 Å². The summed E-state index contributed by atoms with van der Waals surface area (Å²) in [6.07, 6.45) is 0. The maximum Gasteiger partial charge on any atom is 1.00 e. The second-order valence-corrected chi connectivity index (χ2v) is 2.71. The molecule has 0 aliphatic rings.